The second-order valence-electron chi connectivity index (χ2n) is 3.80. The number of methoxy groups -OCH3 is 3. The molecule has 106 valence electrons. The lowest BCUT2D eigenvalue weighted by atomic mass is 10.2. The topological polar surface area (TPSA) is 99.1 Å². The molecule has 0 aliphatic carbocycles. The largest absolute Gasteiger partial charge is 0.481 e. The first kappa shape index (κ1) is 13.7. The Balaban J connectivity index is 2.89. The molecule has 0 saturated carbocycles. The van der Waals surface area contributed by atoms with E-state index in [9.17, 15) is 14.4 Å². The highest BCUT2D eigenvalue weighted by Gasteiger charge is 2.26. The number of fused-ring (bicyclic) bond motifs is 1. The van der Waals surface area contributed by atoms with Crippen LogP contribution in [0.2, 0.25) is 0 Å². The number of hydrogen-bond donors (Lipinski definition) is 1. The summed E-state index contributed by atoms with van der Waals surface area (Å²) in [5.74, 6) is -1.38. The van der Waals surface area contributed by atoms with Crippen LogP contribution in [0.15, 0.2) is 16.9 Å². The molecule has 0 amide bonds. The highest BCUT2D eigenvalue weighted by atomic mass is 16.5. The van der Waals surface area contributed by atoms with Crippen LogP contribution in [-0.4, -0.2) is 42.9 Å². The highest BCUT2D eigenvalue weighted by Crippen LogP contribution is 2.21. The van der Waals surface area contributed by atoms with E-state index in [4.69, 9.17) is 4.74 Å². The number of aromatic nitrogens is 2. The van der Waals surface area contributed by atoms with E-state index in [1.54, 1.807) is 0 Å². The van der Waals surface area contributed by atoms with Gasteiger partial charge in [-0.25, -0.2) is 14.1 Å². The standard InChI is InChI=1S/C12H12N2O6/c1-18-8-5-6(15)4-7-9(11(16)19-2)10(12(17)20-3)13-14(7)8/h4-5,13H,1-3H3. The Morgan fingerprint density at radius 1 is 1.10 bits per heavy atom. The number of H-pyrrole nitrogens is 1. The van der Waals surface area contributed by atoms with Crippen LogP contribution >= 0.6 is 0 Å². The summed E-state index contributed by atoms with van der Waals surface area (Å²) in [5, 5.41) is 2.65. The molecule has 0 fully saturated rings. The van der Waals surface area contributed by atoms with E-state index in [2.05, 4.69) is 14.6 Å². The van der Waals surface area contributed by atoms with Crippen LogP contribution in [0.5, 0.6) is 5.88 Å². The zero-order valence-corrected chi connectivity index (χ0v) is 11.1. The minimum absolute atomic E-state index is 0.0876. The number of hydrogen-bond acceptors (Lipinski definition) is 6. The van der Waals surface area contributed by atoms with Crippen LogP contribution in [0.4, 0.5) is 0 Å². The fourth-order valence-electron chi connectivity index (χ4n) is 1.85. The average molecular weight is 280 g/mol. The number of esters is 2. The second kappa shape index (κ2) is 5.08. The van der Waals surface area contributed by atoms with Gasteiger partial charge in [0.1, 0.15) is 5.56 Å². The molecule has 20 heavy (non-hydrogen) atoms. The molecule has 0 saturated heterocycles. The molecule has 0 bridgehead atoms. The van der Waals surface area contributed by atoms with Crippen LogP contribution in [-0.2, 0) is 9.47 Å². The maximum atomic E-state index is 11.8. The number of rotatable bonds is 3. The van der Waals surface area contributed by atoms with E-state index in [0.29, 0.717) is 0 Å². The first-order valence-electron chi connectivity index (χ1n) is 5.53. The number of nitrogens with zero attached hydrogens (tertiary/aromatic N) is 1. The summed E-state index contributed by atoms with van der Waals surface area (Å²) < 4.78 is 15.5. The van der Waals surface area contributed by atoms with Gasteiger partial charge in [-0.3, -0.25) is 9.89 Å². The Hall–Kier alpha value is -2.77. The van der Waals surface area contributed by atoms with Crippen molar-refractivity contribution in [3.8, 4) is 5.88 Å². The maximum Gasteiger partial charge on any atom is 0.356 e. The molecular formula is C12H12N2O6. The third kappa shape index (κ3) is 2.00. The summed E-state index contributed by atoms with van der Waals surface area (Å²) in [6.07, 6.45) is 0. The zero-order valence-electron chi connectivity index (χ0n) is 11.1. The molecule has 8 heteroatoms. The number of ether oxygens (including phenoxy) is 3. The summed E-state index contributed by atoms with van der Waals surface area (Å²) in [7, 11) is 3.71. The van der Waals surface area contributed by atoms with Crippen LogP contribution in [0.1, 0.15) is 20.8 Å². The van der Waals surface area contributed by atoms with Gasteiger partial charge in [-0.15, -0.1) is 0 Å². The van der Waals surface area contributed by atoms with Crippen molar-refractivity contribution in [1.82, 2.24) is 9.61 Å². The number of pyridine rings is 1. The minimum atomic E-state index is -0.767. The molecule has 2 rings (SSSR count). The van der Waals surface area contributed by atoms with Crippen molar-refractivity contribution in [2.24, 2.45) is 0 Å². The molecule has 0 aliphatic rings. The quantitative estimate of drug-likeness (QED) is 0.807. The van der Waals surface area contributed by atoms with Gasteiger partial charge in [0.05, 0.1) is 26.8 Å². The van der Waals surface area contributed by atoms with Gasteiger partial charge in [0.2, 0.25) is 5.88 Å². The number of aromatic amines is 1. The van der Waals surface area contributed by atoms with E-state index in [0.717, 1.165) is 0 Å². The van der Waals surface area contributed by atoms with Crippen molar-refractivity contribution in [3.05, 3.63) is 33.6 Å². The molecule has 0 atom stereocenters. The van der Waals surface area contributed by atoms with Crippen LogP contribution in [0, 0.1) is 0 Å². The molecular weight excluding hydrogens is 268 g/mol. The summed E-state index contributed by atoms with van der Waals surface area (Å²) >= 11 is 0. The van der Waals surface area contributed by atoms with Gasteiger partial charge < -0.3 is 14.2 Å². The van der Waals surface area contributed by atoms with Crippen LogP contribution in [0.3, 0.4) is 0 Å². The van der Waals surface area contributed by atoms with Crippen molar-refractivity contribution in [2.75, 3.05) is 21.3 Å². The molecule has 2 heterocycles. The normalized spacial score (nSPS) is 10.3. The van der Waals surface area contributed by atoms with Crippen LogP contribution in [0.25, 0.3) is 5.52 Å². The van der Waals surface area contributed by atoms with Gasteiger partial charge >= 0.3 is 11.9 Å². The Bertz CT molecular complexity index is 742. The fraction of sp³-hybridized carbons (Fsp3) is 0.250. The Morgan fingerprint density at radius 2 is 1.75 bits per heavy atom. The monoisotopic (exact) mass is 280 g/mol. The van der Waals surface area contributed by atoms with Gasteiger partial charge in [-0.1, -0.05) is 0 Å². The Labute approximate surface area is 112 Å². The molecule has 0 unspecified atom stereocenters. The summed E-state index contributed by atoms with van der Waals surface area (Å²) in [4.78, 5) is 35.1. The van der Waals surface area contributed by atoms with Gasteiger partial charge in [-0.05, 0) is 0 Å². The highest BCUT2D eigenvalue weighted by molar-refractivity contribution is 6.07. The SMILES string of the molecule is COC(=O)c1[nH]n2c(OC)cc(=O)cc2c1C(=O)OC. The number of carbonyl (C=O) groups excluding carboxylic acids is 2. The summed E-state index contributed by atoms with van der Waals surface area (Å²) in [6, 6.07) is 2.41. The fourth-order valence-corrected chi connectivity index (χ4v) is 1.85. The smallest absolute Gasteiger partial charge is 0.356 e. The second-order valence-corrected chi connectivity index (χ2v) is 3.80. The predicted molar refractivity (Wildman–Crippen MR) is 67.2 cm³/mol. The van der Waals surface area contributed by atoms with Crippen molar-refractivity contribution in [2.45, 2.75) is 0 Å². The lowest BCUT2D eigenvalue weighted by molar-refractivity contribution is 0.0553. The van der Waals surface area contributed by atoms with E-state index in [1.165, 1.54) is 38.0 Å². The molecule has 1 N–H and O–H groups in total. The molecule has 0 spiro atoms. The minimum Gasteiger partial charge on any atom is -0.481 e. The lowest BCUT2D eigenvalue weighted by Crippen LogP contribution is -2.10. The van der Waals surface area contributed by atoms with E-state index in [-0.39, 0.29) is 28.1 Å². The molecule has 2 aromatic rings. The van der Waals surface area contributed by atoms with Gasteiger partial charge in [-0.2, -0.15) is 0 Å². The van der Waals surface area contributed by atoms with Crippen molar-refractivity contribution in [3.63, 3.8) is 0 Å². The third-order valence-corrected chi connectivity index (χ3v) is 2.72. The number of carbonyl (C=O) groups is 2. The summed E-state index contributed by atoms with van der Waals surface area (Å²) in [5.41, 5.74) is -0.414. The van der Waals surface area contributed by atoms with Crippen molar-refractivity contribution >= 4 is 17.5 Å². The molecule has 0 aromatic carbocycles. The molecule has 0 aliphatic heterocycles. The average Bonchev–Trinajstić information content (AvgIpc) is 2.83. The lowest BCUT2D eigenvalue weighted by Gasteiger charge is -2.02. The Morgan fingerprint density at radius 3 is 2.30 bits per heavy atom. The molecule has 2 aromatic heterocycles. The van der Waals surface area contributed by atoms with Crippen LogP contribution < -0.4 is 10.2 Å². The van der Waals surface area contributed by atoms with Crippen molar-refractivity contribution in [1.29, 1.82) is 0 Å². The predicted octanol–water partition coefficient (Wildman–Crippen LogP) is 0.209. The third-order valence-electron chi connectivity index (χ3n) is 2.72. The van der Waals surface area contributed by atoms with E-state index in [1.807, 2.05) is 0 Å². The van der Waals surface area contributed by atoms with E-state index >= 15 is 0 Å². The van der Waals surface area contributed by atoms with Crippen molar-refractivity contribution < 1.29 is 23.8 Å². The number of nitrogens with one attached hydrogen (secondary N) is 1. The Kier molecular flexibility index (Phi) is 3.47. The molecule has 8 nitrogen and oxygen atoms in total. The molecule has 0 radical (unpaired) electrons. The maximum absolute atomic E-state index is 11.8. The first-order valence-corrected chi connectivity index (χ1v) is 5.53. The van der Waals surface area contributed by atoms with E-state index < -0.39 is 11.9 Å². The zero-order chi connectivity index (χ0) is 14.9. The first-order chi connectivity index (χ1) is 9.53. The van der Waals surface area contributed by atoms with Gasteiger partial charge in [0, 0.05) is 12.1 Å². The summed E-state index contributed by atoms with van der Waals surface area (Å²) in [6.45, 7) is 0. The van der Waals surface area contributed by atoms with Gasteiger partial charge in [0.15, 0.2) is 11.1 Å². The van der Waals surface area contributed by atoms with Gasteiger partial charge in [0.25, 0.3) is 0 Å².